The molecule has 9 nitrogen and oxygen atoms in total. The van der Waals surface area contributed by atoms with Crippen molar-refractivity contribution in [3.63, 3.8) is 0 Å². The topological polar surface area (TPSA) is 112 Å². The third-order valence-electron chi connectivity index (χ3n) is 5.56. The van der Waals surface area contributed by atoms with Gasteiger partial charge in [0.1, 0.15) is 17.4 Å². The van der Waals surface area contributed by atoms with Crippen LogP contribution in [0.25, 0.3) is 44.8 Å². The van der Waals surface area contributed by atoms with Crippen LogP contribution in [0, 0.1) is 0 Å². The van der Waals surface area contributed by atoms with E-state index in [1.54, 1.807) is 12.4 Å². The third kappa shape index (κ3) is 2.78. The molecule has 6 heterocycles. The van der Waals surface area contributed by atoms with Gasteiger partial charge in [0.15, 0.2) is 11.5 Å². The molecule has 0 spiro atoms. The molecule has 0 aliphatic carbocycles. The van der Waals surface area contributed by atoms with Crippen molar-refractivity contribution < 1.29 is 0 Å². The molecule has 5 aromatic heterocycles. The molecule has 6 rings (SSSR count). The number of imidazole rings is 1. The van der Waals surface area contributed by atoms with Crippen molar-refractivity contribution in [3.8, 4) is 22.8 Å². The SMILES string of the molecule is c1ncc(-c2ccc3[nH]nc(-c4nc5c(N6CCCCC6)cncc5[nH]4)c3n2)cn1. The lowest BCUT2D eigenvalue weighted by Gasteiger charge is -2.28. The number of pyridine rings is 2. The van der Waals surface area contributed by atoms with Gasteiger partial charge in [-0.1, -0.05) is 0 Å². The molecule has 1 fully saturated rings. The molecule has 5 aromatic rings. The first kappa shape index (κ1) is 17.0. The predicted octanol–water partition coefficient (Wildman–Crippen LogP) is 3.34. The first-order valence-electron chi connectivity index (χ1n) is 10.1. The third-order valence-corrected chi connectivity index (χ3v) is 5.56. The zero-order valence-corrected chi connectivity index (χ0v) is 16.2. The van der Waals surface area contributed by atoms with Crippen molar-refractivity contribution in [2.24, 2.45) is 0 Å². The molecule has 0 amide bonds. The summed E-state index contributed by atoms with van der Waals surface area (Å²) in [7, 11) is 0. The van der Waals surface area contributed by atoms with Crippen LogP contribution >= 0.6 is 0 Å². The van der Waals surface area contributed by atoms with Crippen LogP contribution in [-0.2, 0) is 0 Å². The van der Waals surface area contributed by atoms with Crippen molar-refractivity contribution in [1.29, 1.82) is 0 Å². The Morgan fingerprint density at radius 3 is 2.53 bits per heavy atom. The lowest BCUT2D eigenvalue weighted by molar-refractivity contribution is 0.578. The molecule has 0 radical (unpaired) electrons. The largest absolute Gasteiger partial charge is 0.368 e. The fourth-order valence-electron chi connectivity index (χ4n) is 4.05. The second-order valence-electron chi connectivity index (χ2n) is 7.48. The highest BCUT2D eigenvalue weighted by Gasteiger charge is 2.19. The maximum Gasteiger partial charge on any atom is 0.161 e. The Labute approximate surface area is 171 Å². The zero-order valence-electron chi connectivity index (χ0n) is 16.2. The molecule has 1 aliphatic heterocycles. The molecule has 30 heavy (non-hydrogen) atoms. The Hall–Kier alpha value is -3.88. The van der Waals surface area contributed by atoms with Crippen LogP contribution < -0.4 is 4.90 Å². The number of nitrogens with zero attached hydrogens (tertiary/aromatic N) is 7. The van der Waals surface area contributed by atoms with Crippen LogP contribution in [0.1, 0.15) is 19.3 Å². The van der Waals surface area contributed by atoms with Gasteiger partial charge in [-0.05, 0) is 31.4 Å². The maximum absolute atomic E-state index is 4.90. The normalized spacial score (nSPS) is 14.6. The van der Waals surface area contributed by atoms with Crippen LogP contribution in [0.3, 0.4) is 0 Å². The van der Waals surface area contributed by atoms with Crippen molar-refractivity contribution in [1.82, 2.24) is 40.1 Å². The van der Waals surface area contributed by atoms with Crippen molar-refractivity contribution >= 4 is 27.8 Å². The highest BCUT2D eigenvalue weighted by Crippen LogP contribution is 2.31. The Kier molecular flexibility index (Phi) is 3.90. The van der Waals surface area contributed by atoms with Crippen LogP contribution in [-0.4, -0.2) is 53.2 Å². The second kappa shape index (κ2) is 6.87. The van der Waals surface area contributed by atoms with Gasteiger partial charge in [-0.3, -0.25) is 10.1 Å². The molecule has 0 saturated carbocycles. The summed E-state index contributed by atoms with van der Waals surface area (Å²) in [5.41, 5.74) is 6.82. The van der Waals surface area contributed by atoms with Crippen LogP contribution in [0.5, 0.6) is 0 Å². The molecular formula is C21H19N9. The number of anilines is 1. The average Bonchev–Trinajstić information content (AvgIpc) is 3.43. The molecule has 0 aromatic carbocycles. The first-order valence-corrected chi connectivity index (χ1v) is 10.1. The van der Waals surface area contributed by atoms with E-state index >= 15 is 0 Å². The number of hydrogen-bond donors (Lipinski definition) is 2. The summed E-state index contributed by atoms with van der Waals surface area (Å²) in [5, 5.41) is 7.55. The minimum Gasteiger partial charge on any atom is -0.368 e. The highest BCUT2D eigenvalue weighted by molar-refractivity contribution is 5.94. The van der Waals surface area contributed by atoms with Crippen molar-refractivity contribution in [3.05, 3.63) is 43.2 Å². The van der Waals surface area contributed by atoms with Gasteiger partial charge in [0.25, 0.3) is 0 Å². The summed E-state index contributed by atoms with van der Waals surface area (Å²) in [4.78, 5) is 28.1. The van der Waals surface area contributed by atoms with Gasteiger partial charge < -0.3 is 9.88 Å². The molecule has 1 saturated heterocycles. The van der Waals surface area contributed by atoms with Crippen molar-refractivity contribution in [2.75, 3.05) is 18.0 Å². The Bertz CT molecular complexity index is 1330. The number of fused-ring (bicyclic) bond motifs is 2. The van der Waals surface area contributed by atoms with E-state index < -0.39 is 0 Å². The van der Waals surface area contributed by atoms with Gasteiger partial charge in [0.05, 0.1) is 34.8 Å². The van der Waals surface area contributed by atoms with E-state index in [4.69, 9.17) is 9.97 Å². The monoisotopic (exact) mass is 397 g/mol. The van der Waals surface area contributed by atoms with E-state index in [0.717, 1.165) is 52.1 Å². The van der Waals surface area contributed by atoms with Crippen molar-refractivity contribution in [2.45, 2.75) is 19.3 Å². The fraction of sp³-hybridized carbons (Fsp3) is 0.238. The quantitative estimate of drug-likeness (QED) is 0.480. The van der Waals surface area contributed by atoms with Crippen LogP contribution in [0.15, 0.2) is 43.2 Å². The predicted molar refractivity (Wildman–Crippen MR) is 114 cm³/mol. The maximum atomic E-state index is 4.90. The molecule has 9 heteroatoms. The number of hydrogen-bond acceptors (Lipinski definition) is 7. The lowest BCUT2D eigenvalue weighted by Crippen LogP contribution is -2.29. The van der Waals surface area contributed by atoms with Gasteiger partial charge in [0, 0.05) is 31.0 Å². The van der Waals surface area contributed by atoms with E-state index in [0.29, 0.717) is 11.5 Å². The summed E-state index contributed by atoms with van der Waals surface area (Å²) in [6.45, 7) is 2.08. The van der Waals surface area contributed by atoms with E-state index in [9.17, 15) is 0 Å². The molecule has 148 valence electrons. The van der Waals surface area contributed by atoms with E-state index in [-0.39, 0.29) is 0 Å². The standard InChI is InChI=1S/C21H19N9/c1-2-6-30(7-3-1)17-11-22-10-16-18(17)27-21(26-16)20-19-15(28-29-20)5-4-14(25-19)13-8-23-12-24-9-13/h4-5,8-12H,1-3,6-7H2,(H,26,27)(H,28,29). The van der Waals surface area contributed by atoms with E-state index in [2.05, 4.69) is 35.0 Å². The summed E-state index contributed by atoms with van der Waals surface area (Å²) >= 11 is 0. The number of H-pyrrole nitrogens is 2. The molecule has 0 unspecified atom stereocenters. The summed E-state index contributed by atoms with van der Waals surface area (Å²) in [6, 6.07) is 3.89. The molecule has 2 N–H and O–H groups in total. The molecular weight excluding hydrogens is 378 g/mol. The van der Waals surface area contributed by atoms with Gasteiger partial charge in [-0.25, -0.2) is 19.9 Å². The molecule has 0 bridgehead atoms. The van der Waals surface area contributed by atoms with Gasteiger partial charge in [-0.15, -0.1) is 0 Å². The molecule has 1 aliphatic rings. The van der Waals surface area contributed by atoms with Crippen LogP contribution in [0.2, 0.25) is 0 Å². The van der Waals surface area contributed by atoms with Crippen LogP contribution in [0.4, 0.5) is 5.69 Å². The van der Waals surface area contributed by atoms with Gasteiger partial charge in [0.2, 0.25) is 0 Å². The smallest absolute Gasteiger partial charge is 0.161 e. The zero-order chi connectivity index (χ0) is 19.9. The van der Waals surface area contributed by atoms with E-state index in [1.165, 1.54) is 25.6 Å². The second-order valence-corrected chi connectivity index (χ2v) is 7.48. The summed E-state index contributed by atoms with van der Waals surface area (Å²) < 4.78 is 0. The minimum atomic E-state index is 0.677. The number of aromatic nitrogens is 8. The van der Waals surface area contributed by atoms with Gasteiger partial charge >= 0.3 is 0 Å². The number of rotatable bonds is 3. The lowest BCUT2D eigenvalue weighted by atomic mass is 10.1. The van der Waals surface area contributed by atoms with Gasteiger partial charge in [-0.2, -0.15) is 5.10 Å². The molecule has 0 atom stereocenters. The number of nitrogens with one attached hydrogen (secondary N) is 2. The fourth-order valence-corrected chi connectivity index (χ4v) is 4.05. The minimum absolute atomic E-state index is 0.677. The average molecular weight is 397 g/mol. The summed E-state index contributed by atoms with van der Waals surface area (Å²) in [6.07, 6.45) is 12.4. The first-order chi connectivity index (χ1) is 14.9. The summed E-state index contributed by atoms with van der Waals surface area (Å²) in [5.74, 6) is 0.677. The Balaban J connectivity index is 1.47. The Morgan fingerprint density at radius 2 is 1.67 bits per heavy atom. The van der Waals surface area contributed by atoms with E-state index in [1.807, 2.05) is 24.5 Å². The Morgan fingerprint density at radius 1 is 0.800 bits per heavy atom. The highest BCUT2D eigenvalue weighted by atomic mass is 15.2. The number of piperidine rings is 1. The number of aromatic amines is 2.